The molecular weight excluding hydrogens is 218 g/mol. The molecule has 0 fully saturated rings. The topological polar surface area (TPSA) is 105 Å². The van der Waals surface area contributed by atoms with Gasteiger partial charge in [0.2, 0.25) is 10.0 Å². The van der Waals surface area contributed by atoms with Gasteiger partial charge in [-0.2, -0.15) is 0 Å². The van der Waals surface area contributed by atoms with Gasteiger partial charge in [-0.05, 0) is 12.8 Å². The van der Waals surface area contributed by atoms with Gasteiger partial charge in [-0.3, -0.25) is 5.41 Å². The summed E-state index contributed by atoms with van der Waals surface area (Å²) in [5.74, 6) is -0.169. The van der Waals surface area contributed by atoms with E-state index in [-0.39, 0.29) is 11.6 Å². The number of ether oxygens (including phenoxy) is 1. The summed E-state index contributed by atoms with van der Waals surface area (Å²) >= 11 is 0. The Balaban J connectivity index is 4.17. The fraction of sp³-hybridized carbons (Fsp3) is 0.875. The van der Waals surface area contributed by atoms with Crippen molar-refractivity contribution < 1.29 is 13.2 Å². The number of amidine groups is 1. The van der Waals surface area contributed by atoms with E-state index in [0.717, 1.165) is 0 Å². The number of nitrogens with two attached hydrogens (primary N) is 1. The maximum absolute atomic E-state index is 11.5. The van der Waals surface area contributed by atoms with Crippen molar-refractivity contribution in [3.8, 4) is 0 Å². The van der Waals surface area contributed by atoms with E-state index < -0.39 is 16.1 Å². The molecule has 0 spiro atoms. The molecule has 0 heterocycles. The van der Waals surface area contributed by atoms with Gasteiger partial charge >= 0.3 is 0 Å². The summed E-state index contributed by atoms with van der Waals surface area (Å²) < 4.78 is 30.0. The average Bonchev–Trinajstić information content (AvgIpc) is 2.14. The average molecular weight is 237 g/mol. The van der Waals surface area contributed by atoms with Gasteiger partial charge < -0.3 is 10.5 Å². The van der Waals surface area contributed by atoms with Crippen LogP contribution in [0.2, 0.25) is 0 Å². The molecule has 0 radical (unpaired) electrons. The number of hydrogen-bond acceptors (Lipinski definition) is 4. The molecular formula is C8H19N3O3S. The lowest BCUT2D eigenvalue weighted by atomic mass is 10.2. The van der Waals surface area contributed by atoms with Crippen LogP contribution in [0.5, 0.6) is 0 Å². The van der Waals surface area contributed by atoms with Crippen LogP contribution in [0.1, 0.15) is 19.8 Å². The molecule has 0 aliphatic rings. The normalized spacial score (nSPS) is 13.7. The number of rotatable bonds is 8. The van der Waals surface area contributed by atoms with Gasteiger partial charge in [0.25, 0.3) is 0 Å². The zero-order chi connectivity index (χ0) is 11.9. The molecule has 1 atom stereocenters. The molecule has 0 aromatic carbocycles. The van der Waals surface area contributed by atoms with Crippen molar-refractivity contribution in [1.29, 1.82) is 5.41 Å². The predicted molar refractivity (Wildman–Crippen MR) is 59.4 cm³/mol. The molecule has 0 amide bonds. The minimum absolute atomic E-state index is 0.00931. The van der Waals surface area contributed by atoms with E-state index in [1.54, 1.807) is 6.92 Å². The largest absolute Gasteiger partial charge is 0.386 e. The summed E-state index contributed by atoms with van der Waals surface area (Å²) in [7, 11) is -1.84. The fourth-order valence-electron chi connectivity index (χ4n) is 1.04. The van der Waals surface area contributed by atoms with Gasteiger partial charge in [0.15, 0.2) is 0 Å². The lowest BCUT2D eigenvalue weighted by molar-refractivity contribution is 0.199. The van der Waals surface area contributed by atoms with E-state index in [0.29, 0.717) is 19.4 Å². The second-order valence-electron chi connectivity index (χ2n) is 3.20. The van der Waals surface area contributed by atoms with E-state index in [4.69, 9.17) is 15.9 Å². The quantitative estimate of drug-likeness (QED) is 0.305. The van der Waals surface area contributed by atoms with Crippen molar-refractivity contribution in [2.24, 2.45) is 5.73 Å². The first kappa shape index (κ1) is 14.3. The second kappa shape index (κ2) is 6.76. The van der Waals surface area contributed by atoms with Crippen LogP contribution in [-0.2, 0) is 14.8 Å². The highest BCUT2D eigenvalue weighted by atomic mass is 32.2. The first-order valence-corrected chi connectivity index (χ1v) is 6.41. The first-order valence-electron chi connectivity index (χ1n) is 4.75. The van der Waals surface area contributed by atoms with E-state index in [1.165, 1.54) is 7.11 Å². The van der Waals surface area contributed by atoms with Crippen molar-refractivity contribution >= 4 is 15.9 Å². The third kappa shape index (κ3) is 6.43. The Morgan fingerprint density at radius 2 is 2.20 bits per heavy atom. The zero-order valence-corrected chi connectivity index (χ0v) is 9.93. The summed E-state index contributed by atoms with van der Waals surface area (Å²) in [6, 6.07) is -0.599. The third-order valence-electron chi connectivity index (χ3n) is 1.87. The highest BCUT2D eigenvalue weighted by Crippen LogP contribution is 1.96. The smallest absolute Gasteiger partial charge is 0.212 e. The van der Waals surface area contributed by atoms with Gasteiger partial charge in [0, 0.05) is 13.7 Å². The Bertz CT molecular complexity index is 290. The number of sulfonamides is 1. The Morgan fingerprint density at radius 1 is 1.60 bits per heavy atom. The van der Waals surface area contributed by atoms with Gasteiger partial charge in [-0.25, -0.2) is 13.1 Å². The molecule has 0 bridgehead atoms. The third-order valence-corrected chi connectivity index (χ3v) is 3.34. The zero-order valence-electron chi connectivity index (χ0n) is 9.12. The van der Waals surface area contributed by atoms with Gasteiger partial charge in [0.1, 0.15) is 5.84 Å². The van der Waals surface area contributed by atoms with E-state index in [2.05, 4.69) is 4.72 Å². The highest BCUT2D eigenvalue weighted by Gasteiger charge is 2.17. The van der Waals surface area contributed by atoms with Crippen molar-refractivity contribution in [3.05, 3.63) is 0 Å². The van der Waals surface area contributed by atoms with Gasteiger partial charge in [-0.1, -0.05) is 6.92 Å². The number of nitrogens with one attached hydrogen (secondary N) is 2. The van der Waals surface area contributed by atoms with Crippen LogP contribution in [0.15, 0.2) is 0 Å². The van der Waals surface area contributed by atoms with Crippen molar-refractivity contribution in [2.75, 3.05) is 19.5 Å². The molecule has 15 heavy (non-hydrogen) atoms. The van der Waals surface area contributed by atoms with Crippen LogP contribution in [0.3, 0.4) is 0 Å². The molecule has 0 rings (SSSR count). The van der Waals surface area contributed by atoms with Crippen LogP contribution < -0.4 is 10.5 Å². The minimum atomic E-state index is -3.36. The van der Waals surface area contributed by atoms with Crippen LogP contribution in [0.4, 0.5) is 0 Å². The Labute approximate surface area is 90.7 Å². The Morgan fingerprint density at radius 3 is 2.60 bits per heavy atom. The van der Waals surface area contributed by atoms with Crippen molar-refractivity contribution in [1.82, 2.24) is 4.72 Å². The monoisotopic (exact) mass is 237 g/mol. The summed E-state index contributed by atoms with van der Waals surface area (Å²) in [4.78, 5) is 0. The SMILES string of the molecule is CCC(NS(=O)(=O)CCCOC)C(=N)N. The van der Waals surface area contributed by atoms with Gasteiger partial charge in [-0.15, -0.1) is 0 Å². The molecule has 0 saturated heterocycles. The summed E-state index contributed by atoms with van der Waals surface area (Å²) in [6.07, 6.45) is 0.902. The van der Waals surface area contributed by atoms with E-state index >= 15 is 0 Å². The molecule has 0 aliphatic carbocycles. The summed E-state index contributed by atoms with van der Waals surface area (Å²) in [5, 5.41) is 7.17. The Hall–Kier alpha value is -0.660. The molecule has 0 aliphatic heterocycles. The summed E-state index contributed by atoms with van der Waals surface area (Å²) in [6.45, 7) is 2.17. The molecule has 90 valence electrons. The molecule has 0 saturated carbocycles. The molecule has 7 heteroatoms. The van der Waals surface area contributed by atoms with Crippen LogP contribution in [0.25, 0.3) is 0 Å². The van der Waals surface area contributed by atoms with Crippen LogP contribution >= 0.6 is 0 Å². The number of methoxy groups -OCH3 is 1. The summed E-state index contributed by atoms with van der Waals surface area (Å²) in [5.41, 5.74) is 5.24. The number of hydrogen-bond donors (Lipinski definition) is 3. The minimum Gasteiger partial charge on any atom is -0.386 e. The van der Waals surface area contributed by atoms with Crippen LogP contribution in [0, 0.1) is 5.41 Å². The lowest BCUT2D eigenvalue weighted by Gasteiger charge is -2.15. The molecule has 1 unspecified atom stereocenters. The standard InChI is InChI=1S/C8H19N3O3S/c1-3-7(8(9)10)11-15(12,13)6-4-5-14-2/h7,11H,3-6H2,1-2H3,(H3,9,10). The fourth-order valence-corrected chi connectivity index (χ4v) is 2.38. The molecule has 4 N–H and O–H groups in total. The Kier molecular flexibility index (Phi) is 6.46. The maximum atomic E-state index is 11.5. The second-order valence-corrected chi connectivity index (χ2v) is 5.07. The van der Waals surface area contributed by atoms with Crippen molar-refractivity contribution in [2.45, 2.75) is 25.8 Å². The molecule has 6 nitrogen and oxygen atoms in total. The first-order chi connectivity index (χ1) is 6.93. The van der Waals surface area contributed by atoms with Crippen LogP contribution in [-0.4, -0.2) is 39.8 Å². The van der Waals surface area contributed by atoms with Crippen molar-refractivity contribution in [3.63, 3.8) is 0 Å². The highest BCUT2D eigenvalue weighted by molar-refractivity contribution is 7.89. The lowest BCUT2D eigenvalue weighted by Crippen LogP contribution is -2.44. The van der Waals surface area contributed by atoms with E-state index in [1.807, 2.05) is 0 Å². The maximum Gasteiger partial charge on any atom is 0.212 e. The van der Waals surface area contributed by atoms with Gasteiger partial charge in [0.05, 0.1) is 11.8 Å². The van der Waals surface area contributed by atoms with E-state index in [9.17, 15) is 8.42 Å². The molecule has 0 aromatic rings. The molecule has 0 aromatic heterocycles. The predicted octanol–water partition coefficient (Wildman–Crippen LogP) is -0.343.